The lowest BCUT2D eigenvalue weighted by molar-refractivity contribution is 0.381. The highest BCUT2D eigenvalue weighted by Crippen LogP contribution is 2.06. The van der Waals surface area contributed by atoms with E-state index >= 15 is 0 Å². The Morgan fingerprint density at radius 1 is 1.12 bits per heavy atom. The first-order chi connectivity index (χ1) is 7.86. The zero-order chi connectivity index (χ0) is 13.3. The fourth-order valence-electron chi connectivity index (χ4n) is 0.728. The summed E-state index contributed by atoms with van der Waals surface area (Å²) < 4.78 is 31.6. The summed E-state index contributed by atoms with van der Waals surface area (Å²) in [5.41, 5.74) is 6.24. The molecule has 0 aromatic heterocycles. The van der Waals surface area contributed by atoms with Gasteiger partial charge < -0.3 is 0 Å². The van der Waals surface area contributed by atoms with Crippen molar-refractivity contribution in [3.63, 3.8) is 0 Å². The molecule has 90 valence electrons. The average Bonchev–Trinajstić information content (AvgIpc) is 2.25. The molecule has 8 nitrogen and oxygen atoms in total. The summed E-state index contributed by atoms with van der Waals surface area (Å²) in [6.07, 6.45) is 1.72. The van der Waals surface area contributed by atoms with Crippen molar-refractivity contribution < 1.29 is 17.5 Å². The smallest absolute Gasteiger partial charge is 0.292 e. The quantitative estimate of drug-likeness (QED) is 0.256. The predicted octanol–water partition coefficient (Wildman–Crippen LogP) is 0.303. The van der Waals surface area contributed by atoms with Gasteiger partial charge in [-0.3, -0.25) is 14.5 Å². The summed E-state index contributed by atoms with van der Waals surface area (Å²) in [6, 6.07) is 8.76. The van der Waals surface area contributed by atoms with Gasteiger partial charge in [-0.05, 0) is 24.3 Å². The number of nitriles is 2. The topological polar surface area (TPSA) is 146 Å². The van der Waals surface area contributed by atoms with E-state index in [0.29, 0.717) is 5.56 Å². The van der Waals surface area contributed by atoms with Crippen LogP contribution in [0.15, 0.2) is 24.3 Å². The van der Waals surface area contributed by atoms with Gasteiger partial charge in [-0.1, -0.05) is 0 Å². The first kappa shape index (κ1) is 14.7. The molecule has 0 bridgehead atoms. The number of nitrogens with one attached hydrogen (secondary N) is 2. The fraction of sp³-hybridized carbons (Fsp3) is 0. The maximum Gasteiger partial charge on any atom is 0.394 e. The second-order valence-electron chi connectivity index (χ2n) is 2.50. The Hall–Kier alpha value is -2.33. The molecule has 1 aromatic carbocycles. The largest absolute Gasteiger partial charge is 0.394 e. The van der Waals surface area contributed by atoms with Crippen molar-refractivity contribution in [1.29, 1.82) is 10.5 Å². The lowest BCUT2D eigenvalue weighted by Crippen LogP contribution is -2.13. The van der Waals surface area contributed by atoms with Crippen molar-refractivity contribution in [3.05, 3.63) is 29.8 Å². The Bertz CT molecular complexity index is 518. The second-order valence-corrected chi connectivity index (χ2v) is 3.39. The van der Waals surface area contributed by atoms with Crippen LogP contribution >= 0.6 is 0 Å². The van der Waals surface area contributed by atoms with E-state index in [1.165, 1.54) is 0 Å². The van der Waals surface area contributed by atoms with E-state index in [-0.39, 0.29) is 0 Å². The monoisotopic (exact) mass is 256 g/mol. The van der Waals surface area contributed by atoms with Gasteiger partial charge in [0.15, 0.2) is 6.19 Å². The molecule has 1 rings (SSSR count). The number of hydrogen-bond donors (Lipinski definition) is 4. The van der Waals surface area contributed by atoms with Crippen molar-refractivity contribution in [3.8, 4) is 12.3 Å². The van der Waals surface area contributed by atoms with Gasteiger partial charge in [-0.2, -0.15) is 18.9 Å². The second kappa shape index (κ2) is 7.03. The van der Waals surface area contributed by atoms with Gasteiger partial charge in [0.1, 0.15) is 0 Å². The van der Waals surface area contributed by atoms with Crippen LogP contribution in [0, 0.1) is 22.8 Å². The normalized spacial score (nSPS) is 8.94. The van der Waals surface area contributed by atoms with Crippen LogP contribution in [-0.4, -0.2) is 17.5 Å². The van der Waals surface area contributed by atoms with Gasteiger partial charge in [0.25, 0.3) is 0 Å². The van der Waals surface area contributed by atoms with Gasteiger partial charge in [-0.15, -0.1) is 0 Å². The number of benzene rings is 1. The molecule has 0 aliphatic carbocycles. The van der Waals surface area contributed by atoms with Crippen LogP contribution in [0.25, 0.3) is 0 Å². The van der Waals surface area contributed by atoms with Crippen molar-refractivity contribution >= 4 is 16.1 Å². The van der Waals surface area contributed by atoms with E-state index in [0.717, 1.165) is 5.69 Å². The van der Waals surface area contributed by atoms with Gasteiger partial charge in [0.2, 0.25) is 0 Å². The zero-order valence-electron chi connectivity index (χ0n) is 8.32. The number of nitrogens with zero attached hydrogens (tertiary/aromatic N) is 2. The van der Waals surface area contributed by atoms with Crippen molar-refractivity contribution in [2.75, 3.05) is 5.43 Å². The molecule has 0 radical (unpaired) electrons. The van der Waals surface area contributed by atoms with E-state index in [2.05, 4.69) is 10.9 Å². The maximum absolute atomic E-state index is 8.74. The highest BCUT2D eigenvalue weighted by atomic mass is 32.3. The number of anilines is 1. The van der Waals surface area contributed by atoms with Crippen LogP contribution in [-0.2, 0) is 10.4 Å². The number of hydrogen-bond acceptors (Lipinski definition) is 6. The fourth-order valence-corrected chi connectivity index (χ4v) is 0.728. The molecule has 1 aromatic rings. The van der Waals surface area contributed by atoms with Crippen LogP contribution in [0.1, 0.15) is 5.56 Å². The maximum atomic E-state index is 8.74. The predicted molar refractivity (Wildman–Crippen MR) is 57.7 cm³/mol. The summed E-state index contributed by atoms with van der Waals surface area (Å²) in [7, 11) is -4.67. The zero-order valence-corrected chi connectivity index (χ0v) is 9.14. The number of rotatable bonds is 2. The van der Waals surface area contributed by atoms with E-state index in [1.807, 2.05) is 6.07 Å². The van der Waals surface area contributed by atoms with Crippen LogP contribution in [0.3, 0.4) is 0 Å². The minimum Gasteiger partial charge on any atom is -0.292 e. The molecule has 0 aliphatic rings. The third-order valence-electron chi connectivity index (χ3n) is 1.28. The van der Waals surface area contributed by atoms with Crippen molar-refractivity contribution in [2.24, 2.45) is 0 Å². The van der Waals surface area contributed by atoms with Gasteiger partial charge in [-0.25, -0.2) is 5.43 Å². The minimum absolute atomic E-state index is 0.595. The molecule has 0 atom stereocenters. The van der Waals surface area contributed by atoms with E-state index < -0.39 is 10.4 Å². The van der Waals surface area contributed by atoms with Crippen molar-refractivity contribution in [1.82, 2.24) is 5.43 Å². The molecule has 0 fully saturated rings. The molecule has 9 heteroatoms. The number of hydrazine groups is 1. The molecule has 0 saturated carbocycles. The van der Waals surface area contributed by atoms with Gasteiger partial charge in [0, 0.05) is 0 Å². The SMILES string of the molecule is N#CNNc1ccc(C#N)cc1.O=S(=O)(O)O. The standard InChI is InChI=1S/C8H6N4.H2O4S/c9-5-7-1-3-8(4-2-7)12-11-6-10;1-5(2,3)4/h1-4,11-12H;(H2,1,2,3,4). The van der Waals surface area contributed by atoms with Crippen LogP contribution < -0.4 is 10.9 Å². The highest BCUT2D eigenvalue weighted by molar-refractivity contribution is 7.79. The van der Waals surface area contributed by atoms with E-state index in [1.54, 1.807) is 30.5 Å². The molecule has 0 unspecified atom stereocenters. The highest BCUT2D eigenvalue weighted by Gasteiger charge is 1.90. The Morgan fingerprint density at radius 3 is 1.94 bits per heavy atom. The Labute approximate surface area is 97.7 Å². The first-order valence-electron chi connectivity index (χ1n) is 3.97. The molecule has 4 N–H and O–H groups in total. The van der Waals surface area contributed by atoms with Crippen LogP contribution in [0.5, 0.6) is 0 Å². The Kier molecular flexibility index (Phi) is 6.06. The third kappa shape index (κ3) is 9.96. The molecule has 17 heavy (non-hydrogen) atoms. The Balaban J connectivity index is 0.000000437. The summed E-state index contributed by atoms with van der Waals surface area (Å²) in [5, 5.41) is 16.6. The van der Waals surface area contributed by atoms with Crippen LogP contribution in [0.4, 0.5) is 5.69 Å². The summed E-state index contributed by atoms with van der Waals surface area (Å²) in [6.45, 7) is 0. The van der Waals surface area contributed by atoms with Gasteiger partial charge in [0.05, 0.1) is 17.3 Å². The summed E-state index contributed by atoms with van der Waals surface area (Å²) >= 11 is 0. The van der Waals surface area contributed by atoms with E-state index in [4.69, 9.17) is 28.0 Å². The summed E-state index contributed by atoms with van der Waals surface area (Å²) in [4.78, 5) is 0. The lowest BCUT2D eigenvalue weighted by Gasteiger charge is -2.00. The van der Waals surface area contributed by atoms with Gasteiger partial charge >= 0.3 is 10.4 Å². The first-order valence-corrected chi connectivity index (χ1v) is 5.36. The Morgan fingerprint density at radius 2 is 1.59 bits per heavy atom. The molecule has 0 amide bonds. The molecule has 0 heterocycles. The molecule has 0 saturated heterocycles. The summed E-state index contributed by atoms with van der Waals surface area (Å²) in [5.74, 6) is 0. The average molecular weight is 256 g/mol. The molecule has 0 aliphatic heterocycles. The van der Waals surface area contributed by atoms with Crippen molar-refractivity contribution in [2.45, 2.75) is 0 Å². The van der Waals surface area contributed by atoms with E-state index in [9.17, 15) is 0 Å². The molecular formula is C8H8N4O4S. The molecule has 0 spiro atoms. The lowest BCUT2D eigenvalue weighted by atomic mass is 10.2. The van der Waals surface area contributed by atoms with Crippen LogP contribution in [0.2, 0.25) is 0 Å². The molecular weight excluding hydrogens is 248 g/mol. The third-order valence-corrected chi connectivity index (χ3v) is 1.28. The minimum atomic E-state index is -4.67.